The predicted molar refractivity (Wildman–Crippen MR) is 60.8 cm³/mol. The van der Waals surface area contributed by atoms with Crippen molar-refractivity contribution in [1.82, 2.24) is 0 Å². The summed E-state index contributed by atoms with van der Waals surface area (Å²) in [7, 11) is 0. The van der Waals surface area contributed by atoms with E-state index in [4.69, 9.17) is 5.41 Å². The van der Waals surface area contributed by atoms with Gasteiger partial charge >= 0.3 is 0 Å². The topological polar surface area (TPSA) is 35.9 Å². The van der Waals surface area contributed by atoms with Gasteiger partial charge in [-0.25, -0.2) is 0 Å². The molecule has 1 aromatic carbocycles. The summed E-state index contributed by atoms with van der Waals surface area (Å²) in [6, 6.07) is 6.22. The lowest BCUT2D eigenvalue weighted by atomic mass is 10.2. The van der Waals surface area contributed by atoms with Crippen molar-refractivity contribution in [1.29, 1.82) is 5.41 Å². The molecule has 0 aliphatic heterocycles. The summed E-state index contributed by atoms with van der Waals surface area (Å²) in [5.41, 5.74) is 1.91. The second-order valence-corrected chi connectivity index (χ2v) is 4.09. The molecule has 0 unspecified atom stereocenters. The smallest absolute Gasteiger partial charge is 0.0442 e. The van der Waals surface area contributed by atoms with Gasteiger partial charge in [-0.15, -0.1) is 0 Å². The van der Waals surface area contributed by atoms with Crippen LogP contribution in [0.2, 0.25) is 0 Å². The van der Waals surface area contributed by atoms with Crippen molar-refractivity contribution in [3.05, 3.63) is 28.2 Å². The van der Waals surface area contributed by atoms with Crippen LogP contribution in [0.1, 0.15) is 19.4 Å². The van der Waals surface area contributed by atoms with Gasteiger partial charge in [0.2, 0.25) is 0 Å². The molecule has 0 heterocycles. The van der Waals surface area contributed by atoms with Crippen LogP contribution in [0, 0.1) is 5.41 Å². The van der Waals surface area contributed by atoms with Crippen molar-refractivity contribution < 1.29 is 0 Å². The average molecular weight is 241 g/mol. The normalized spacial score (nSPS) is 10.2. The van der Waals surface area contributed by atoms with E-state index in [1.54, 1.807) is 0 Å². The summed E-state index contributed by atoms with van der Waals surface area (Å²) in [6.45, 7) is 4.16. The summed E-state index contributed by atoms with van der Waals surface area (Å²) in [5.74, 6) is 0. The van der Waals surface area contributed by atoms with Gasteiger partial charge in [0.05, 0.1) is 0 Å². The molecule has 2 nitrogen and oxygen atoms in total. The fourth-order valence-corrected chi connectivity index (χ4v) is 1.45. The summed E-state index contributed by atoms with van der Waals surface area (Å²) in [6.07, 6.45) is 1.36. The van der Waals surface area contributed by atoms with Crippen molar-refractivity contribution in [2.75, 3.05) is 5.32 Å². The van der Waals surface area contributed by atoms with E-state index in [1.165, 1.54) is 6.21 Å². The van der Waals surface area contributed by atoms with Crippen LogP contribution >= 0.6 is 15.9 Å². The van der Waals surface area contributed by atoms with Gasteiger partial charge in [-0.3, -0.25) is 0 Å². The molecule has 0 atom stereocenters. The molecule has 0 amide bonds. The molecule has 2 N–H and O–H groups in total. The fraction of sp³-hybridized carbons (Fsp3) is 0.300. The molecule has 0 saturated carbocycles. The minimum Gasteiger partial charge on any atom is -0.382 e. The minimum atomic E-state index is 0.382. The number of hydrogen-bond donors (Lipinski definition) is 2. The zero-order chi connectivity index (χ0) is 9.84. The van der Waals surface area contributed by atoms with E-state index in [-0.39, 0.29) is 0 Å². The monoisotopic (exact) mass is 240 g/mol. The first-order chi connectivity index (χ1) is 6.13. The van der Waals surface area contributed by atoms with Gasteiger partial charge in [-0.05, 0) is 26.0 Å². The zero-order valence-electron chi connectivity index (χ0n) is 7.76. The van der Waals surface area contributed by atoms with Gasteiger partial charge in [-0.2, -0.15) is 0 Å². The third-order valence-electron chi connectivity index (χ3n) is 1.62. The first-order valence-electron chi connectivity index (χ1n) is 4.20. The Morgan fingerprint density at radius 2 is 2.15 bits per heavy atom. The lowest BCUT2D eigenvalue weighted by Crippen LogP contribution is -2.11. The van der Waals surface area contributed by atoms with Crippen molar-refractivity contribution in [2.45, 2.75) is 19.9 Å². The molecule has 0 radical (unpaired) electrons. The van der Waals surface area contributed by atoms with Crippen LogP contribution in [0.4, 0.5) is 5.69 Å². The number of halogens is 1. The van der Waals surface area contributed by atoms with Crippen LogP contribution in [0.25, 0.3) is 0 Å². The van der Waals surface area contributed by atoms with E-state index in [0.29, 0.717) is 6.04 Å². The Morgan fingerprint density at radius 3 is 2.69 bits per heavy atom. The Kier molecular flexibility index (Phi) is 3.48. The van der Waals surface area contributed by atoms with Crippen LogP contribution in [-0.4, -0.2) is 12.3 Å². The Labute approximate surface area is 87.0 Å². The van der Waals surface area contributed by atoms with Crippen molar-refractivity contribution in [2.24, 2.45) is 0 Å². The molecule has 1 rings (SSSR count). The molecule has 0 aliphatic rings. The molecule has 70 valence electrons. The molecule has 0 saturated heterocycles. The molecule has 0 aliphatic carbocycles. The predicted octanol–water partition coefficient (Wildman–Crippen LogP) is 3.27. The average Bonchev–Trinajstić information content (AvgIpc) is 2.03. The number of benzene rings is 1. The second-order valence-electron chi connectivity index (χ2n) is 3.17. The first-order valence-corrected chi connectivity index (χ1v) is 4.99. The van der Waals surface area contributed by atoms with Gasteiger partial charge in [0, 0.05) is 28.0 Å². The van der Waals surface area contributed by atoms with E-state index < -0.39 is 0 Å². The maximum absolute atomic E-state index is 7.22. The lowest BCUT2D eigenvalue weighted by molar-refractivity contribution is 0.899. The van der Waals surface area contributed by atoms with Gasteiger partial charge < -0.3 is 10.7 Å². The van der Waals surface area contributed by atoms with Crippen molar-refractivity contribution >= 4 is 27.8 Å². The number of nitrogens with one attached hydrogen (secondary N) is 2. The van der Waals surface area contributed by atoms with Crippen molar-refractivity contribution in [3.8, 4) is 0 Å². The summed E-state index contributed by atoms with van der Waals surface area (Å²) >= 11 is 3.40. The third-order valence-corrected chi connectivity index (χ3v) is 2.11. The van der Waals surface area contributed by atoms with E-state index in [1.807, 2.05) is 18.2 Å². The number of rotatable bonds is 3. The quantitative estimate of drug-likeness (QED) is 0.783. The Bertz CT molecular complexity index is 308. The Balaban J connectivity index is 3.01. The molecule has 13 heavy (non-hydrogen) atoms. The fourth-order valence-electron chi connectivity index (χ4n) is 1.09. The van der Waals surface area contributed by atoms with Gasteiger partial charge in [0.1, 0.15) is 0 Å². The largest absolute Gasteiger partial charge is 0.382 e. The van der Waals surface area contributed by atoms with E-state index in [2.05, 4.69) is 35.1 Å². The zero-order valence-corrected chi connectivity index (χ0v) is 9.35. The first kappa shape index (κ1) is 10.3. The van der Waals surface area contributed by atoms with Gasteiger partial charge in [0.15, 0.2) is 0 Å². The van der Waals surface area contributed by atoms with E-state index in [0.717, 1.165) is 15.7 Å². The highest BCUT2D eigenvalue weighted by Gasteiger charge is 2.01. The Morgan fingerprint density at radius 1 is 1.46 bits per heavy atom. The molecule has 0 bridgehead atoms. The molecular weight excluding hydrogens is 228 g/mol. The highest BCUT2D eigenvalue weighted by molar-refractivity contribution is 9.10. The Hall–Kier alpha value is -0.830. The molecule has 0 aromatic heterocycles. The highest BCUT2D eigenvalue weighted by Crippen LogP contribution is 2.20. The third kappa shape index (κ3) is 2.84. The SMILES string of the molecule is CC(C)Nc1cc(Br)ccc1C=N. The maximum Gasteiger partial charge on any atom is 0.0442 e. The van der Waals surface area contributed by atoms with E-state index in [9.17, 15) is 0 Å². The minimum absolute atomic E-state index is 0.382. The molecule has 0 spiro atoms. The maximum atomic E-state index is 7.22. The van der Waals surface area contributed by atoms with Gasteiger partial charge in [0.25, 0.3) is 0 Å². The van der Waals surface area contributed by atoms with Crippen LogP contribution in [-0.2, 0) is 0 Å². The summed E-state index contributed by atoms with van der Waals surface area (Å²) in [5, 5.41) is 10.5. The van der Waals surface area contributed by atoms with Crippen molar-refractivity contribution in [3.63, 3.8) is 0 Å². The van der Waals surface area contributed by atoms with Crippen LogP contribution in [0.3, 0.4) is 0 Å². The molecule has 0 fully saturated rings. The molecule has 1 aromatic rings. The van der Waals surface area contributed by atoms with Crippen LogP contribution in [0.5, 0.6) is 0 Å². The van der Waals surface area contributed by atoms with Crippen LogP contribution in [0.15, 0.2) is 22.7 Å². The molecular formula is C10H13BrN2. The second kappa shape index (κ2) is 4.42. The standard InChI is InChI=1S/C10H13BrN2/c1-7(2)13-10-5-9(11)4-3-8(10)6-12/h3-7,12-13H,1-2H3. The van der Waals surface area contributed by atoms with E-state index >= 15 is 0 Å². The lowest BCUT2D eigenvalue weighted by Gasteiger charge is -2.12. The summed E-state index contributed by atoms with van der Waals surface area (Å²) in [4.78, 5) is 0. The number of hydrogen-bond acceptors (Lipinski definition) is 2. The van der Waals surface area contributed by atoms with Gasteiger partial charge in [-0.1, -0.05) is 22.0 Å². The number of anilines is 1. The molecule has 3 heteroatoms. The summed E-state index contributed by atoms with van der Waals surface area (Å²) < 4.78 is 1.03. The van der Waals surface area contributed by atoms with Crippen LogP contribution < -0.4 is 5.32 Å². The highest BCUT2D eigenvalue weighted by atomic mass is 79.9.